The Hall–Kier alpha value is -3.94. The van der Waals surface area contributed by atoms with Crippen molar-refractivity contribution in [3.63, 3.8) is 0 Å². The highest BCUT2D eigenvalue weighted by molar-refractivity contribution is 5.98. The fraction of sp³-hybridized carbons (Fsp3) is 0.379. The molecule has 37 heavy (non-hydrogen) atoms. The molecule has 0 radical (unpaired) electrons. The maximum atomic E-state index is 13.2. The minimum absolute atomic E-state index is 0.201. The molecule has 1 aliphatic heterocycles. The summed E-state index contributed by atoms with van der Waals surface area (Å²) in [5.41, 5.74) is 2.30. The molecular formula is C29H35NO7. The molecule has 8 nitrogen and oxygen atoms in total. The lowest BCUT2D eigenvalue weighted by atomic mass is 9.83. The molecule has 0 N–H and O–H groups in total. The van der Waals surface area contributed by atoms with Gasteiger partial charge in [0.05, 0.1) is 51.1 Å². The average molecular weight is 510 g/mol. The van der Waals surface area contributed by atoms with E-state index in [-0.39, 0.29) is 13.2 Å². The molecule has 2 aromatic carbocycles. The largest absolute Gasteiger partial charge is 0.497 e. The van der Waals surface area contributed by atoms with Gasteiger partial charge >= 0.3 is 11.9 Å². The van der Waals surface area contributed by atoms with E-state index >= 15 is 0 Å². The lowest BCUT2D eigenvalue weighted by Gasteiger charge is -2.30. The van der Waals surface area contributed by atoms with E-state index in [9.17, 15) is 9.59 Å². The van der Waals surface area contributed by atoms with Crippen LogP contribution in [0.15, 0.2) is 66.0 Å². The molecule has 0 saturated carbocycles. The van der Waals surface area contributed by atoms with E-state index < -0.39 is 17.9 Å². The number of nitrogens with zero attached hydrogens (tertiary/aromatic N) is 1. The summed E-state index contributed by atoms with van der Waals surface area (Å²) in [6, 6.07) is 13.0. The summed E-state index contributed by atoms with van der Waals surface area (Å²) in [4.78, 5) is 28.2. The number of carbonyl (C=O) groups excluding carboxylic acids is 2. The second-order valence-corrected chi connectivity index (χ2v) is 8.32. The lowest BCUT2D eigenvalue weighted by Crippen LogP contribution is -2.29. The first-order valence-electron chi connectivity index (χ1n) is 12.4. The topological polar surface area (TPSA) is 83.5 Å². The van der Waals surface area contributed by atoms with E-state index in [0.717, 1.165) is 17.7 Å². The van der Waals surface area contributed by atoms with Gasteiger partial charge in [-0.2, -0.15) is 0 Å². The van der Waals surface area contributed by atoms with Crippen molar-refractivity contribution in [2.75, 3.05) is 34.0 Å². The van der Waals surface area contributed by atoms with Gasteiger partial charge in [0, 0.05) is 18.9 Å². The number of rotatable bonds is 12. The van der Waals surface area contributed by atoms with Crippen LogP contribution in [-0.4, -0.2) is 50.9 Å². The van der Waals surface area contributed by atoms with Crippen LogP contribution in [0.3, 0.4) is 0 Å². The second-order valence-electron chi connectivity index (χ2n) is 8.32. The maximum absolute atomic E-state index is 13.2. The molecule has 8 heteroatoms. The van der Waals surface area contributed by atoms with Crippen LogP contribution in [0.2, 0.25) is 0 Å². The summed E-state index contributed by atoms with van der Waals surface area (Å²) >= 11 is 0. The van der Waals surface area contributed by atoms with Crippen molar-refractivity contribution in [2.45, 2.75) is 39.7 Å². The molecule has 2 aromatic rings. The number of carbonyl (C=O) groups is 2. The molecule has 0 fully saturated rings. The Balaban J connectivity index is 2.08. The Bertz CT molecular complexity index is 1100. The smallest absolute Gasteiger partial charge is 0.336 e. The molecule has 0 spiro atoms. The molecule has 198 valence electrons. The summed E-state index contributed by atoms with van der Waals surface area (Å²) < 4.78 is 27.4. The van der Waals surface area contributed by atoms with Crippen LogP contribution < -0.4 is 14.2 Å². The van der Waals surface area contributed by atoms with Crippen molar-refractivity contribution in [2.24, 2.45) is 0 Å². The first kappa shape index (κ1) is 27.6. The van der Waals surface area contributed by atoms with Crippen LogP contribution in [0, 0.1) is 0 Å². The SMILES string of the molecule is CCCOc1ccc(C2C(C(=O)OCC)=CN(Cc3ccc(OC)cc3)C=C2C(=O)OCC)cc1OC. The van der Waals surface area contributed by atoms with Crippen LogP contribution in [0.5, 0.6) is 17.2 Å². The molecule has 0 aliphatic carbocycles. The van der Waals surface area contributed by atoms with E-state index in [1.165, 1.54) is 0 Å². The number of benzene rings is 2. The van der Waals surface area contributed by atoms with Crippen molar-refractivity contribution in [1.82, 2.24) is 4.90 Å². The van der Waals surface area contributed by atoms with E-state index in [0.29, 0.717) is 41.4 Å². The van der Waals surface area contributed by atoms with Crippen molar-refractivity contribution >= 4 is 11.9 Å². The maximum Gasteiger partial charge on any atom is 0.336 e. The fourth-order valence-electron chi connectivity index (χ4n) is 4.07. The van der Waals surface area contributed by atoms with Crippen molar-refractivity contribution in [1.29, 1.82) is 0 Å². The van der Waals surface area contributed by atoms with E-state index in [4.69, 9.17) is 23.7 Å². The Kier molecular flexibility index (Phi) is 10.0. The van der Waals surface area contributed by atoms with Gasteiger partial charge in [0.1, 0.15) is 5.75 Å². The quantitative estimate of drug-likeness (QED) is 0.370. The zero-order valence-electron chi connectivity index (χ0n) is 22.1. The third-order valence-electron chi connectivity index (χ3n) is 5.76. The predicted octanol–water partition coefficient (Wildman–Crippen LogP) is 4.99. The van der Waals surface area contributed by atoms with Crippen molar-refractivity contribution < 1.29 is 33.3 Å². The van der Waals surface area contributed by atoms with Crippen LogP contribution in [0.1, 0.15) is 44.2 Å². The Morgan fingerprint density at radius 3 is 1.95 bits per heavy atom. The molecule has 0 amide bonds. The third kappa shape index (κ3) is 6.84. The molecule has 0 bridgehead atoms. The van der Waals surface area contributed by atoms with Gasteiger partial charge in [0.15, 0.2) is 11.5 Å². The van der Waals surface area contributed by atoms with Gasteiger partial charge in [-0.1, -0.05) is 25.1 Å². The minimum Gasteiger partial charge on any atom is -0.497 e. The predicted molar refractivity (Wildman–Crippen MR) is 139 cm³/mol. The lowest BCUT2D eigenvalue weighted by molar-refractivity contribution is -0.139. The van der Waals surface area contributed by atoms with Gasteiger partial charge in [-0.25, -0.2) is 9.59 Å². The molecular weight excluding hydrogens is 474 g/mol. The summed E-state index contributed by atoms with van der Waals surface area (Å²) in [7, 11) is 3.17. The normalized spacial score (nSPS) is 13.4. The average Bonchev–Trinajstić information content (AvgIpc) is 2.92. The minimum atomic E-state index is -0.709. The first-order valence-corrected chi connectivity index (χ1v) is 12.4. The van der Waals surface area contributed by atoms with Gasteiger partial charge in [-0.15, -0.1) is 0 Å². The van der Waals surface area contributed by atoms with E-state index in [1.807, 2.05) is 37.3 Å². The number of ether oxygens (including phenoxy) is 5. The molecule has 0 saturated heterocycles. The van der Waals surface area contributed by atoms with Gasteiger partial charge in [0.2, 0.25) is 0 Å². The van der Waals surface area contributed by atoms with Crippen molar-refractivity contribution in [3.05, 3.63) is 77.1 Å². The number of esters is 2. The fourth-order valence-corrected chi connectivity index (χ4v) is 4.07. The van der Waals surface area contributed by atoms with Gasteiger partial charge in [-0.05, 0) is 55.7 Å². The van der Waals surface area contributed by atoms with Crippen LogP contribution in [0.25, 0.3) is 0 Å². The highest BCUT2D eigenvalue weighted by Crippen LogP contribution is 2.41. The van der Waals surface area contributed by atoms with Crippen molar-refractivity contribution in [3.8, 4) is 17.2 Å². The highest BCUT2D eigenvalue weighted by atomic mass is 16.5. The van der Waals surface area contributed by atoms with Crippen LogP contribution >= 0.6 is 0 Å². The van der Waals surface area contributed by atoms with Gasteiger partial charge in [0.25, 0.3) is 0 Å². The van der Waals surface area contributed by atoms with E-state index in [1.54, 1.807) is 57.5 Å². The molecule has 0 aromatic heterocycles. The zero-order chi connectivity index (χ0) is 26.8. The summed E-state index contributed by atoms with van der Waals surface area (Å²) in [5, 5.41) is 0. The molecule has 1 aliphatic rings. The summed E-state index contributed by atoms with van der Waals surface area (Å²) in [6.45, 7) is 6.89. The Labute approximate surface area is 218 Å². The number of hydrogen-bond acceptors (Lipinski definition) is 8. The summed E-state index contributed by atoms with van der Waals surface area (Å²) in [5.74, 6) is 0.124. The second kappa shape index (κ2) is 13.4. The van der Waals surface area contributed by atoms with Crippen LogP contribution in [0.4, 0.5) is 0 Å². The van der Waals surface area contributed by atoms with Gasteiger partial charge < -0.3 is 28.6 Å². The molecule has 0 atom stereocenters. The number of hydrogen-bond donors (Lipinski definition) is 0. The monoisotopic (exact) mass is 509 g/mol. The zero-order valence-corrected chi connectivity index (χ0v) is 22.1. The summed E-state index contributed by atoms with van der Waals surface area (Å²) in [6.07, 6.45) is 4.30. The Morgan fingerprint density at radius 2 is 1.43 bits per heavy atom. The van der Waals surface area contributed by atoms with E-state index in [2.05, 4.69) is 0 Å². The standard InChI is InChI=1S/C29H35NO7/c1-6-15-37-25-14-11-21(16-26(25)34-5)27-23(28(31)35-7-2)18-30(19-24(27)29(32)36-8-3)17-20-9-12-22(33-4)13-10-20/h9-14,16,18-19,27H,6-8,15,17H2,1-5H3. The highest BCUT2D eigenvalue weighted by Gasteiger charge is 2.36. The third-order valence-corrected chi connectivity index (χ3v) is 5.76. The first-order chi connectivity index (χ1) is 17.9. The molecule has 0 unspecified atom stereocenters. The Morgan fingerprint density at radius 1 is 0.811 bits per heavy atom. The molecule has 1 heterocycles. The molecule has 3 rings (SSSR count). The number of methoxy groups -OCH3 is 2. The van der Waals surface area contributed by atoms with Gasteiger partial charge in [-0.3, -0.25) is 0 Å². The van der Waals surface area contributed by atoms with Crippen LogP contribution in [-0.2, 0) is 25.6 Å².